The maximum atomic E-state index is 12.7. The third-order valence-corrected chi connectivity index (χ3v) is 4.80. The Morgan fingerprint density at radius 1 is 1.20 bits per heavy atom. The van der Waals surface area contributed by atoms with Gasteiger partial charge in [-0.2, -0.15) is 0 Å². The van der Waals surface area contributed by atoms with Gasteiger partial charge in [-0.15, -0.1) is 0 Å². The SMILES string of the molecule is CCCCCC(C)N1C(=O)C2CCCCN2C(=O)C1C. The minimum absolute atomic E-state index is 0.150. The summed E-state index contributed by atoms with van der Waals surface area (Å²) in [6, 6.07) is -0.286. The van der Waals surface area contributed by atoms with E-state index in [1.807, 2.05) is 16.7 Å². The van der Waals surface area contributed by atoms with Crippen molar-refractivity contribution < 1.29 is 9.59 Å². The zero-order valence-corrected chi connectivity index (χ0v) is 13.1. The second-order valence-electron chi connectivity index (χ2n) is 6.31. The van der Waals surface area contributed by atoms with Crippen LogP contribution in [0.3, 0.4) is 0 Å². The maximum absolute atomic E-state index is 12.7. The van der Waals surface area contributed by atoms with Gasteiger partial charge >= 0.3 is 0 Å². The van der Waals surface area contributed by atoms with Crippen LogP contribution in [0.15, 0.2) is 0 Å². The van der Waals surface area contributed by atoms with Crippen molar-refractivity contribution in [1.82, 2.24) is 9.80 Å². The monoisotopic (exact) mass is 280 g/mol. The van der Waals surface area contributed by atoms with E-state index in [0.29, 0.717) is 0 Å². The van der Waals surface area contributed by atoms with Gasteiger partial charge in [-0.1, -0.05) is 26.2 Å². The van der Waals surface area contributed by atoms with Crippen molar-refractivity contribution in [2.75, 3.05) is 6.54 Å². The molecule has 20 heavy (non-hydrogen) atoms. The molecule has 0 aromatic carbocycles. The molecule has 0 spiro atoms. The summed E-state index contributed by atoms with van der Waals surface area (Å²) in [6.07, 6.45) is 7.47. The van der Waals surface area contributed by atoms with Gasteiger partial charge in [-0.3, -0.25) is 9.59 Å². The average molecular weight is 280 g/mol. The molecule has 0 aromatic rings. The fourth-order valence-electron chi connectivity index (χ4n) is 3.60. The van der Waals surface area contributed by atoms with Crippen LogP contribution < -0.4 is 0 Å². The van der Waals surface area contributed by atoms with Gasteiger partial charge in [0.25, 0.3) is 0 Å². The number of fused-ring (bicyclic) bond motifs is 1. The van der Waals surface area contributed by atoms with Crippen LogP contribution in [0.1, 0.15) is 65.7 Å². The Balaban J connectivity index is 2.07. The van der Waals surface area contributed by atoms with Crippen LogP contribution in [0.2, 0.25) is 0 Å². The molecule has 0 radical (unpaired) electrons. The zero-order chi connectivity index (χ0) is 14.7. The van der Waals surface area contributed by atoms with E-state index in [-0.39, 0.29) is 29.9 Å². The molecule has 0 N–H and O–H groups in total. The smallest absolute Gasteiger partial charge is 0.246 e. The Morgan fingerprint density at radius 2 is 1.95 bits per heavy atom. The predicted octanol–water partition coefficient (Wildman–Crippen LogP) is 2.57. The first-order valence-electron chi connectivity index (χ1n) is 8.20. The number of unbranched alkanes of at least 4 members (excludes halogenated alkanes) is 2. The number of hydrogen-bond donors (Lipinski definition) is 0. The molecule has 2 aliphatic heterocycles. The highest BCUT2D eigenvalue weighted by Crippen LogP contribution is 2.28. The largest absolute Gasteiger partial charge is 0.329 e. The van der Waals surface area contributed by atoms with Gasteiger partial charge < -0.3 is 9.80 Å². The summed E-state index contributed by atoms with van der Waals surface area (Å²) in [5, 5.41) is 0. The van der Waals surface area contributed by atoms with Crippen molar-refractivity contribution in [3.8, 4) is 0 Å². The van der Waals surface area contributed by atoms with E-state index in [0.717, 1.165) is 38.6 Å². The van der Waals surface area contributed by atoms with Crippen molar-refractivity contribution in [3.63, 3.8) is 0 Å². The second kappa shape index (κ2) is 6.59. The van der Waals surface area contributed by atoms with Crippen molar-refractivity contribution >= 4 is 11.8 Å². The quantitative estimate of drug-likeness (QED) is 0.726. The number of nitrogens with zero attached hydrogens (tertiary/aromatic N) is 2. The minimum Gasteiger partial charge on any atom is -0.329 e. The van der Waals surface area contributed by atoms with Gasteiger partial charge in [0, 0.05) is 12.6 Å². The van der Waals surface area contributed by atoms with E-state index < -0.39 is 0 Å². The summed E-state index contributed by atoms with van der Waals surface area (Å²) in [7, 11) is 0. The third kappa shape index (κ3) is 2.84. The molecule has 2 rings (SSSR count). The molecule has 4 nitrogen and oxygen atoms in total. The van der Waals surface area contributed by atoms with E-state index in [1.54, 1.807) is 0 Å². The number of amides is 2. The Labute approximate surface area is 122 Å². The Bertz CT molecular complexity index is 369. The summed E-state index contributed by atoms with van der Waals surface area (Å²) in [6.45, 7) is 6.93. The van der Waals surface area contributed by atoms with Crippen LogP contribution >= 0.6 is 0 Å². The van der Waals surface area contributed by atoms with E-state index in [2.05, 4.69) is 13.8 Å². The molecule has 2 saturated heterocycles. The van der Waals surface area contributed by atoms with Gasteiger partial charge in [0.2, 0.25) is 11.8 Å². The molecule has 0 aliphatic carbocycles. The van der Waals surface area contributed by atoms with E-state index >= 15 is 0 Å². The lowest BCUT2D eigenvalue weighted by Crippen LogP contribution is -2.66. The molecule has 2 amide bonds. The Hall–Kier alpha value is -1.06. The van der Waals surface area contributed by atoms with Crippen LogP contribution in [-0.4, -0.2) is 46.3 Å². The highest BCUT2D eigenvalue weighted by molar-refractivity contribution is 5.97. The number of rotatable bonds is 5. The standard InChI is InChI=1S/C16H28N2O2/c1-4-5-6-9-12(2)18-13(3)15(19)17-11-8-7-10-14(17)16(18)20/h12-14H,4-11H2,1-3H3. The van der Waals surface area contributed by atoms with E-state index in [9.17, 15) is 9.59 Å². The van der Waals surface area contributed by atoms with E-state index in [4.69, 9.17) is 0 Å². The fourth-order valence-corrected chi connectivity index (χ4v) is 3.60. The summed E-state index contributed by atoms with van der Waals surface area (Å²) < 4.78 is 0. The normalized spacial score (nSPS) is 28.6. The number of carbonyl (C=O) groups is 2. The first-order chi connectivity index (χ1) is 9.57. The molecule has 2 heterocycles. The van der Waals surface area contributed by atoms with Crippen LogP contribution in [-0.2, 0) is 9.59 Å². The molecular formula is C16H28N2O2. The van der Waals surface area contributed by atoms with E-state index in [1.165, 1.54) is 12.8 Å². The van der Waals surface area contributed by atoms with Crippen molar-refractivity contribution in [3.05, 3.63) is 0 Å². The van der Waals surface area contributed by atoms with Gasteiger partial charge in [0.1, 0.15) is 12.1 Å². The third-order valence-electron chi connectivity index (χ3n) is 4.80. The molecule has 3 atom stereocenters. The second-order valence-corrected chi connectivity index (χ2v) is 6.31. The summed E-state index contributed by atoms with van der Waals surface area (Å²) in [4.78, 5) is 28.9. The van der Waals surface area contributed by atoms with Crippen LogP contribution in [0.4, 0.5) is 0 Å². The number of piperazine rings is 1. The van der Waals surface area contributed by atoms with Crippen molar-refractivity contribution in [2.45, 2.75) is 83.8 Å². The molecular weight excluding hydrogens is 252 g/mol. The number of hydrogen-bond acceptors (Lipinski definition) is 2. The summed E-state index contributed by atoms with van der Waals surface area (Å²) >= 11 is 0. The molecule has 2 fully saturated rings. The molecule has 0 bridgehead atoms. The zero-order valence-electron chi connectivity index (χ0n) is 13.1. The Morgan fingerprint density at radius 3 is 2.65 bits per heavy atom. The summed E-state index contributed by atoms with van der Waals surface area (Å²) in [5.74, 6) is 0.331. The van der Waals surface area contributed by atoms with Gasteiger partial charge in [-0.05, 0) is 39.5 Å². The van der Waals surface area contributed by atoms with Crippen molar-refractivity contribution in [1.29, 1.82) is 0 Å². The highest BCUT2D eigenvalue weighted by Gasteiger charge is 2.45. The lowest BCUT2D eigenvalue weighted by molar-refractivity contribution is -0.165. The van der Waals surface area contributed by atoms with Crippen LogP contribution in [0.25, 0.3) is 0 Å². The number of carbonyl (C=O) groups excluding carboxylic acids is 2. The molecule has 0 saturated carbocycles. The molecule has 3 unspecified atom stereocenters. The lowest BCUT2D eigenvalue weighted by atomic mass is 9.94. The van der Waals surface area contributed by atoms with Crippen LogP contribution in [0.5, 0.6) is 0 Å². The molecule has 4 heteroatoms. The highest BCUT2D eigenvalue weighted by atomic mass is 16.2. The minimum atomic E-state index is -0.284. The van der Waals surface area contributed by atoms with Gasteiger partial charge in [-0.25, -0.2) is 0 Å². The molecule has 0 aromatic heterocycles. The Kier molecular flexibility index (Phi) is 5.06. The van der Waals surface area contributed by atoms with Gasteiger partial charge in [0.05, 0.1) is 0 Å². The van der Waals surface area contributed by atoms with Gasteiger partial charge in [0.15, 0.2) is 0 Å². The average Bonchev–Trinajstić information content (AvgIpc) is 2.45. The molecule has 114 valence electrons. The predicted molar refractivity (Wildman–Crippen MR) is 79.3 cm³/mol. The lowest BCUT2D eigenvalue weighted by Gasteiger charge is -2.48. The van der Waals surface area contributed by atoms with Crippen molar-refractivity contribution in [2.24, 2.45) is 0 Å². The van der Waals surface area contributed by atoms with Crippen LogP contribution in [0, 0.1) is 0 Å². The first kappa shape index (κ1) is 15.3. The maximum Gasteiger partial charge on any atom is 0.246 e. The topological polar surface area (TPSA) is 40.6 Å². The molecule has 2 aliphatic rings. The first-order valence-corrected chi connectivity index (χ1v) is 8.20. The summed E-state index contributed by atoms with van der Waals surface area (Å²) in [5.41, 5.74) is 0. The number of piperidine rings is 1. The fraction of sp³-hybridized carbons (Fsp3) is 0.875.